The minimum atomic E-state index is -0.302. The van der Waals surface area contributed by atoms with Crippen molar-refractivity contribution in [2.75, 3.05) is 12.4 Å². The maximum Gasteiger partial charge on any atom is 0.258 e. The van der Waals surface area contributed by atoms with Gasteiger partial charge in [-0.25, -0.2) is 0 Å². The minimum absolute atomic E-state index is 0.00728. The topological polar surface area (TPSA) is 55.4 Å². The Hall–Kier alpha value is -2.36. The van der Waals surface area contributed by atoms with Gasteiger partial charge in [0.05, 0.1) is 12.7 Å². The summed E-state index contributed by atoms with van der Waals surface area (Å²) in [6, 6.07) is 7.09. The third-order valence-electron chi connectivity index (χ3n) is 5.04. The summed E-state index contributed by atoms with van der Waals surface area (Å²) in [4.78, 5) is 24.9. The zero-order valence-corrected chi connectivity index (χ0v) is 12.3. The molecule has 4 heteroatoms. The number of Topliss-reactive ketones (excluding diaryl/α,β-unsaturated/α-hetero) is 1. The fourth-order valence-electron chi connectivity index (χ4n) is 3.97. The van der Waals surface area contributed by atoms with Crippen molar-refractivity contribution in [1.82, 2.24) is 0 Å². The Kier molecular flexibility index (Phi) is 2.93. The van der Waals surface area contributed by atoms with Crippen molar-refractivity contribution in [3.63, 3.8) is 0 Å². The number of ether oxygens (including phenoxy) is 1. The predicted octanol–water partition coefficient (Wildman–Crippen LogP) is 2.58. The number of amides is 1. The molecular weight excluding hydrogens is 278 g/mol. The van der Waals surface area contributed by atoms with Gasteiger partial charge < -0.3 is 10.1 Å². The molecule has 0 unspecified atom stereocenters. The second-order valence-corrected chi connectivity index (χ2v) is 6.18. The molecule has 1 saturated carbocycles. The molecule has 0 aliphatic heterocycles. The molecule has 1 aromatic carbocycles. The van der Waals surface area contributed by atoms with Crippen LogP contribution in [0.15, 0.2) is 48.1 Å². The highest BCUT2D eigenvalue weighted by Gasteiger charge is 2.52. The first-order valence-electron chi connectivity index (χ1n) is 7.57. The summed E-state index contributed by atoms with van der Waals surface area (Å²) in [5.74, 6) is 1.41. The summed E-state index contributed by atoms with van der Waals surface area (Å²) < 4.78 is 5.09. The van der Waals surface area contributed by atoms with Gasteiger partial charge in [-0.15, -0.1) is 0 Å². The fourth-order valence-corrected chi connectivity index (χ4v) is 3.97. The second-order valence-electron chi connectivity index (χ2n) is 6.18. The van der Waals surface area contributed by atoms with Crippen molar-refractivity contribution in [2.45, 2.75) is 6.42 Å². The van der Waals surface area contributed by atoms with Crippen LogP contribution < -0.4 is 10.1 Å². The maximum atomic E-state index is 12.5. The minimum Gasteiger partial charge on any atom is -0.497 e. The maximum absolute atomic E-state index is 12.5. The van der Waals surface area contributed by atoms with Crippen molar-refractivity contribution >= 4 is 17.4 Å². The van der Waals surface area contributed by atoms with E-state index in [2.05, 4.69) is 17.5 Å². The molecule has 4 atom stereocenters. The van der Waals surface area contributed by atoms with Crippen LogP contribution in [0.3, 0.4) is 0 Å². The van der Waals surface area contributed by atoms with Crippen molar-refractivity contribution in [1.29, 1.82) is 0 Å². The molecule has 0 heterocycles. The normalized spacial score (nSPS) is 31.1. The summed E-state index contributed by atoms with van der Waals surface area (Å²) in [7, 11) is 1.59. The number of methoxy groups -OCH3 is 1. The number of hydrogen-bond acceptors (Lipinski definition) is 3. The Morgan fingerprint density at radius 2 is 1.91 bits per heavy atom. The molecule has 4 nitrogen and oxygen atoms in total. The number of rotatable bonds is 3. The van der Waals surface area contributed by atoms with Crippen LogP contribution in [-0.2, 0) is 9.59 Å². The summed E-state index contributed by atoms with van der Waals surface area (Å²) >= 11 is 0. The lowest BCUT2D eigenvalue weighted by molar-refractivity contribution is -0.122. The molecule has 22 heavy (non-hydrogen) atoms. The van der Waals surface area contributed by atoms with Crippen LogP contribution in [0.25, 0.3) is 0 Å². The van der Waals surface area contributed by atoms with Crippen molar-refractivity contribution < 1.29 is 14.3 Å². The standard InChI is InChI=1S/C18H17NO3/c1-22-13-6-4-12(5-7-13)19-18(21)15-9-14-10-2-3-11(8-10)16(14)17(15)20/h2-7,9-11,14,16H,8H2,1H3,(H,19,21)/t10-,11+,14+,16-/m1/s1. The van der Waals surface area contributed by atoms with E-state index in [1.54, 1.807) is 31.4 Å². The molecule has 3 aliphatic rings. The Morgan fingerprint density at radius 1 is 1.18 bits per heavy atom. The number of ketones is 1. The summed E-state index contributed by atoms with van der Waals surface area (Å²) in [6.07, 6.45) is 7.28. The lowest BCUT2D eigenvalue weighted by atomic mass is 9.85. The van der Waals surface area contributed by atoms with Crippen LogP contribution in [0.4, 0.5) is 5.69 Å². The Morgan fingerprint density at radius 3 is 2.59 bits per heavy atom. The van der Waals surface area contributed by atoms with E-state index in [-0.39, 0.29) is 23.5 Å². The summed E-state index contributed by atoms with van der Waals surface area (Å²) in [5.41, 5.74) is 0.988. The average Bonchev–Trinajstić information content (AvgIpc) is 3.21. The molecule has 1 amide bonds. The highest BCUT2D eigenvalue weighted by molar-refractivity contribution is 6.25. The molecule has 1 aromatic rings. The SMILES string of the molecule is COc1ccc(NC(=O)C2=C[C@@H]3[C@H](C2=O)[C@H]2C=C[C@@H]3C2)cc1. The van der Waals surface area contributed by atoms with E-state index in [0.717, 1.165) is 12.2 Å². The van der Waals surface area contributed by atoms with Gasteiger partial charge in [-0.1, -0.05) is 18.2 Å². The summed E-state index contributed by atoms with van der Waals surface area (Å²) in [5, 5.41) is 2.80. The monoisotopic (exact) mass is 295 g/mol. The lowest BCUT2D eigenvalue weighted by Crippen LogP contribution is -2.25. The zero-order valence-electron chi connectivity index (χ0n) is 12.3. The third-order valence-corrected chi connectivity index (χ3v) is 5.04. The van der Waals surface area contributed by atoms with Crippen LogP contribution in [0.1, 0.15) is 6.42 Å². The first-order chi connectivity index (χ1) is 10.7. The number of carbonyl (C=O) groups is 2. The van der Waals surface area contributed by atoms with E-state index >= 15 is 0 Å². The van der Waals surface area contributed by atoms with Crippen molar-refractivity contribution in [3.05, 3.63) is 48.1 Å². The molecule has 0 aromatic heterocycles. The first-order valence-corrected chi connectivity index (χ1v) is 7.57. The largest absolute Gasteiger partial charge is 0.497 e. The number of fused-ring (bicyclic) bond motifs is 5. The van der Waals surface area contributed by atoms with Gasteiger partial charge in [0.25, 0.3) is 5.91 Å². The molecule has 0 radical (unpaired) electrons. The third kappa shape index (κ3) is 1.90. The molecule has 3 aliphatic carbocycles. The van der Waals surface area contributed by atoms with E-state index in [9.17, 15) is 9.59 Å². The molecule has 0 spiro atoms. The van der Waals surface area contributed by atoms with Crippen LogP contribution in [0.5, 0.6) is 5.75 Å². The Balaban J connectivity index is 1.51. The van der Waals surface area contributed by atoms with Gasteiger partial charge >= 0.3 is 0 Å². The van der Waals surface area contributed by atoms with E-state index in [4.69, 9.17) is 4.74 Å². The van der Waals surface area contributed by atoms with Gasteiger partial charge in [0.1, 0.15) is 5.75 Å². The van der Waals surface area contributed by atoms with Crippen LogP contribution in [0, 0.1) is 23.7 Å². The lowest BCUT2D eigenvalue weighted by Gasteiger charge is -2.17. The fraction of sp³-hybridized carbons (Fsp3) is 0.333. The quantitative estimate of drug-likeness (QED) is 0.689. The number of anilines is 1. The number of allylic oxidation sites excluding steroid dienone is 3. The molecule has 1 N–H and O–H groups in total. The zero-order chi connectivity index (χ0) is 15.3. The van der Waals surface area contributed by atoms with Gasteiger partial charge in [0.15, 0.2) is 5.78 Å². The first kappa shape index (κ1) is 13.3. The van der Waals surface area contributed by atoms with E-state index in [0.29, 0.717) is 23.1 Å². The van der Waals surface area contributed by atoms with Gasteiger partial charge in [0, 0.05) is 11.6 Å². The van der Waals surface area contributed by atoms with Gasteiger partial charge in [-0.05, 0) is 48.4 Å². The smallest absolute Gasteiger partial charge is 0.258 e. The van der Waals surface area contributed by atoms with Gasteiger partial charge in [-0.3, -0.25) is 9.59 Å². The Labute approximate surface area is 128 Å². The molecular formula is C18H17NO3. The highest BCUT2D eigenvalue weighted by atomic mass is 16.5. The van der Waals surface area contributed by atoms with E-state index < -0.39 is 0 Å². The van der Waals surface area contributed by atoms with Gasteiger partial charge in [-0.2, -0.15) is 0 Å². The number of hydrogen-bond donors (Lipinski definition) is 1. The second kappa shape index (κ2) is 4.83. The van der Waals surface area contributed by atoms with Crippen LogP contribution in [0.2, 0.25) is 0 Å². The number of benzene rings is 1. The number of carbonyl (C=O) groups excluding carboxylic acids is 2. The van der Waals surface area contributed by atoms with Crippen molar-refractivity contribution in [2.24, 2.45) is 23.7 Å². The van der Waals surface area contributed by atoms with Crippen molar-refractivity contribution in [3.8, 4) is 5.75 Å². The molecule has 1 fully saturated rings. The highest BCUT2D eigenvalue weighted by Crippen LogP contribution is 2.52. The van der Waals surface area contributed by atoms with Crippen LogP contribution >= 0.6 is 0 Å². The van der Waals surface area contributed by atoms with E-state index in [1.165, 1.54) is 0 Å². The molecule has 4 rings (SSSR count). The van der Waals surface area contributed by atoms with Gasteiger partial charge in [0.2, 0.25) is 0 Å². The summed E-state index contributed by atoms with van der Waals surface area (Å²) in [6.45, 7) is 0. The molecule has 112 valence electrons. The van der Waals surface area contributed by atoms with E-state index in [1.807, 2.05) is 6.08 Å². The Bertz CT molecular complexity index is 702. The predicted molar refractivity (Wildman–Crippen MR) is 82.4 cm³/mol. The van der Waals surface area contributed by atoms with Crippen LogP contribution in [-0.4, -0.2) is 18.8 Å². The molecule has 2 bridgehead atoms. The number of nitrogens with one attached hydrogen (secondary N) is 1. The molecule has 0 saturated heterocycles. The average molecular weight is 295 g/mol.